The van der Waals surface area contributed by atoms with Gasteiger partial charge in [-0.3, -0.25) is 4.79 Å². The monoisotopic (exact) mass is 364 g/mol. The van der Waals surface area contributed by atoms with Crippen LogP contribution in [0.3, 0.4) is 0 Å². The summed E-state index contributed by atoms with van der Waals surface area (Å²) >= 11 is 0. The first-order valence-corrected chi connectivity index (χ1v) is 9.45. The number of hydrogen-bond acceptors (Lipinski definition) is 3. The van der Waals surface area contributed by atoms with E-state index in [1.807, 2.05) is 54.6 Å². The second-order valence-corrected chi connectivity index (χ2v) is 8.10. The van der Waals surface area contributed by atoms with Gasteiger partial charge in [0.2, 0.25) is 0 Å². The molecule has 0 aliphatic heterocycles. The minimum absolute atomic E-state index is 0.0142. The highest BCUT2D eigenvalue weighted by molar-refractivity contribution is 5.78. The Morgan fingerprint density at radius 1 is 1.00 bits per heavy atom. The van der Waals surface area contributed by atoms with Crippen LogP contribution >= 0.6 is 0 Å². The minimum Gasteiger partial charge on any atom is -0.489 e. The number of carbonyl (C=O) groups excluding carboxylic acids is 1. The predicted octanol–water partition coefficient (Wildman–Crippen LogP) is 5.55. The predicted molar refractivity (Wildman–Crippen MR) is 107 cm³/mol. The van der Waals surface area contributed by atoms with Gasteiger partial charge in [0.15, 0.2) is 0 Å². The lowest BCUT2D eigenvalue weighted by molar-refractivity contribution is -0.147. The van der Waals surface area contributed by atoms with Crippen molar-refractivity contribution in [2.75, 3.05) is 0 Å². The largest absolute Gasteiger partial charge is 0.489 e. The summed E-state index contributed by atoms with van der Waals surface area (Å²) in [6.07, 6.45) is 2.19. The van der Waals surface area contributed by atoms with Crippen molar-refractivity contribution in [1.29, 1.82) is 0 Å². The van der Waals surface area contributed by atoms with Gasteiger partial charge in [-0.25, -0.2) is 0 Å². The molecule has 1 saturated carbocycles. The number of carbonyl (C=O) groups is 1. The van der Waals surface area contributed by atoms with Crippen molar-refractivity contribution in [3.63, 3.8) is 0 Å². The molecule has 0 amide bonds. The molecule has 2 aromatic rings. The lowest BCUT2D eigenvalue weighted by atomic mass is 10.1. The number of rotatable bonds is 7. The summed E-state index contributed by atoms with van der Waals surface area (Å²) in [6, 6.07) is 17.7. The molecule has 0 heterocycles. The van der Waals surface area contributed by atoms with Gasteiger partial charge in [-0.05, 0) is 54.5 Å². The number of hydrogen-bond donors (Lipinski definition) is 0. The molecule has 142 valence electrons. The standard InChI is InChI=1S/C24H28O3/c1-17(2)13-21-22(24(21,3)4)23(25)27-16-19-10-8-9-18(14-19)15-26-20-11-6-5-7-12-20/h5-14,21-22H,15-16H2,1-4H3/t21-,22+/m1/s1. The summed E-state index contributed by atoms with van der Waals surface area (Å²) in [7, 11) is 0. The first kappa shape index (κ1) is 19.2. The van der Waals surface area contributed by atoms with E-state index in [9.17, 15) is 4.79 Å². The van der Waals surface area contributed by atoms with Crippen molar-refractivity contribution in [2.45, 2.75) is 40.9 Å². The zero-order valence-electron chi connectivity index (χ0n) is 16.6. The Balaban J connectivity index is 1.54. The van der Waals surface area contributed by atoms with E-state index < -0.39 is 0 Å². The molecule has 0 spiro atoms. The smallest absolute Gasteiger partial charge is 0.310 e. The van der Waals surface area contributed by atoms with Gasteiger partial charge in [0.05, 0.1) is 5.92 Å². The van der Waals surface area contributed by atoms with Crippen LogP contribution < -0.4 is 4.74 Å². The second-order valence-electron chi connectivity index (χ2n) is 8.10. The van der Waals surface area contributed by atoms with E-state index in [0.29, 0.717) is 13.2 Å². The summed E-state index contributed by atoms with van der Waals surface area (Å²) in [6.45, 7) is 9.19. The fourth-order valence-corrected chi connectivity index (χ4v) is 3.53. The highest BCUT2D eigenvalue weighted by atomic mass is 16.5. The van der Waals surface area contributed by atoms with E-state index >= 15 is 0 Å². The normalized spacial score (nSPS) is 19.9. The van der Waals surface area contributed by atoms with E-state index in [-0.39, 0.29) is 23.2 Å². The highest BCUT2D eigenvalue weighted by Crippen LogP contribution is 2.59. The Labute approximate surface area is 162 Å². The Bertz CT molecular complexity index is 817. The molecule has 3 heteroatoms. The van der Waals surface area contributed by atoms with E-state index in [1.54, 1.807) is 0 Å². The fraction of sp³-hybridized carbons (Fsp3) is 0.375. The Morgan fingerprint density at radius 2 is 1.67 bits per heavy atom. The summed E-state index contributed by atoms with van der Waals surface area (Å²) in [5.41, 5.74) is 3.27. The van der Waals surface area contributed by atoms with Crippen LogP contribution in [0.1, 0.15) is 38.8 Å². The third-order valence-electron chi connectivity index (χ3n) is 5.20. The third-order valence-corrected chi connectivity index (χ3v) is 5.20. The van der Waals surface area contributed by atoms with Gasteiger partial charge in [-0.2, -0.15) is 0 Å². The molecule has 27 heavy (non-hydrogen) atoms. The van der Waals surface area contributed by atoms with Gasteiger partial charge in [0, 0.05) is 0 Å². The molecule has 0 radical (unpaired) electrons. The van der Waals surface area contributed by atoms with E-state index in [0.717, 1.165) is 16.9 Å². The topological polar surface area (TPSA) is 35.5 Å². The van der Waals surface area contributed by atoms with Gasteiger partial charge in [-0.1, -0.05) is 61.9 Å². The molecule has 3 rings (SSSR count). The Hall–Kier alpha value is -2.55. The average molecular weight is 364 g/mol. The molecular formula is C24H28O3. The minimum atomic E-state index is -0.103. The van der Waals surface area contributed by atoms with Crippen molar-refractivity contribution < 1.29 is 14.3 Å². The number of esters is 1. The molecule has 0 aromatic heterocycles. The van der Waals surface area contributed by atoms with Gasteiger partial charge in [0.1, 0.15) is 19.0 Å². The van der Waals surface area contributed by atoms with Gasteiger partial charge in [-0.15, -0.1) is 0 Å². The van der Waals surface area contributed by atoms with Crippen molar-refractivity contribution in [3.8, 4) is 5.75 Å². The summed E-state index contributed by atoms with van der Waals surface area (Å²) in [5, 5.41) is 0. The van der Waals surface area contributed by atoms with Crippen molar-refractivity contribution in [3.05, 3.63) is 77.4 Å². The first-order valence-electron chi connectivity index (χ1n) is 9.45. The molecule has 0 saturated heterocycles. The summed E-state index contributed by atoms with van der Waals surface area (Å²) in [5.74, 6) is 0.974. The summed E-state index contributed by atoms with van der Waals surface area (Å²) < 4.78 is 11.4. The number of allylic oxidation sites excluding steroid dienone is 2. The maximum Gasteiger partial charge on any atom is 0.310 e. The SMILES string of the molecule is CC(C)=C[C@@H]1[C@@H](C(=O)OCc2cccc(COc3ccccc3)c2)C1(C)C. The van der Waals surface area contributed by atoms with E-state index in [1.165, 1.54) is 5.57 Å². The lowest BCUT2D eigenvalue weighted by Crippen LogP contribution is -2.10. The highest BCUT2D eigenvalue weighted by Gasteiger charge is 2.61. The molecule has 1 fully saturated rings. The fourth-order valence-electron chi connectivity index (χ4n) is 3.53. The first-order chi connectivity index (χ1) is 12.9. The maximum atomic E-state index is 12.5. The molecule has 0 N–H and O–H groups in total. The quantitative estimate of drug-likeness (QED) is 0.477. The van der Waals surface area contributed by atoms with Crippen LogP contribution in [0.4, 0.5) is 0 Å². The molecule has 0 unspecified atom stereocenters. The van der Waals surface area contributed by atoms with Crippen molar-refractivity contribution in [2.24, 2.45) is 17.3 Å². The van der Waals surface area contributed by atoms with E-state index in [4.69, 9.17) is 9.47 Å². The molecule has 3 nitrogen and oxygen atoms in total. The molecule has 1 aliphatic carbocycles. The Morgan fingerprint density at radius 3 is 2.33 bits per heavy atom. The molecule has 0 bridgehead atoms. The summed E-state index contributed by atoms with van der Waals surface area (Å²) in [4.78, 5) is 12.5. The van der Waals surface area contributed by atoms with Crippen LogP contribution in [0.25, 0.3) is 0 Å². The third kappa shape index (κ3) is 4.79. The lowest BCUT2D eigenvalue weighted by Gasteiger charge is -2.09. The van der Waals surface area contributed by atoms with Crippen LogP contribution in [0.2, 0.25) is 0 Å². The van der Waals surface area contributed by atoms with Gasteiger partial charge in [0.25, 0.3) is 0 Å². The van der Waals surface area contributed by atoms with Gasteiger partial charge < -0.3 is 9.47 Å². The molecule has 1 aliphatic rings. The number of ether oxygens (including phenoxy) is 2. The van der Waals surface area contributed by atoms with Crippen LogP contribution in [-0.4, -0.2) is 5.97 Å². The van der Waals surface area contributed by atoms with Gasteiger partial charge >= 0.3 is 5.97 Å². The molecular weight excluding hydrogens is 336 g/mol. The number of benzene rings is 2. The second kappa shape index (κ2) is 7.99. The van der Waals surface area contributed by atoms with E-state index in [2.05, 4.69) is 33.8 Å². The maximum absolute atomic E-state index is 12.5. The Kier molecular flexibility index (Phi) is 5.69. The van der Waals surface area contributed by atoms with Crippen LogP contribution in [0, 0.1) is 17.3 Å². The van der Waals surface area contributed by atoms with Crippen LogP contribution in [0.5, 0.6) is 5.75 Å². The zero-order valence-corrected chi connectivity index (χ0v) is 16.6. The van der Waals surface area contributed by atoms with Crippen LogP contribution in [-0.2, 0) is 22.7 Å². The van der Waals surface area contributed by atoms with Crippen molar-refractivity contribution >= 4 is 5.97 Å². The average Bonchev–Trinajstić information content (AvgIpc) is 3.18. The molecule has 2 aromatic carbocycles. The number of para-hydroxylation sites is 1. The van der Waals surface area contributed by atoms with Crippen molar-refractivity contribution in [1.82, 2.24) is 0 Å². The van der Waals surface area contributed by atoms with Crippen LogP contribution in [0.15, 0.2) is 66.2 Å². The zero-order chi connectivity index (χ0) is 19.4. The molecule has 2 atom stereocenters.